The van der Waals surface area contributed by atoms with Crippen molar-refractivity contribution in [2.45, 2.75) is 46.0 Å². The number of hydrogen-bond donors (Lipinski definition) is 1. The van der Waals surface area contributed by atoms with Crippen molar-refractivity contribution in [1.82, 2.24) is 0 Å². The van der Waals surface area contributed by atoms with E-state index in [1.807, 2.05) is 6.92 Å². The number of carboxylic acid groups (broad SMARTS) is 1. The van der Waals surface area contributed by atoms with E-state index in [1.165, 1.54) is 0 Å². The zero-order valence-electron chi connectivity index (χ0n) is 9.79. The maximum absolute atomic E-state index is 11.2. The van der Waals surface area contributed by atoms with Crippen molar-refractivity contribution < 1.29 is 14.6 Å². The summed E-state index contributed by atoms with van der Waals surface area (Å²) in [5, 5.41) is 9.19. The molecule has 0 aromatic rings. The van der Waals surface area contributed by atoms with Crippen LogP contribution in [0.15, 0.2) is 0 Å². The summed E-state index contributed by atoms with van der Waals surface area (Å²) in [7, 11) is 0. The first-order valence-corrected chi connectivity index (χ1v) is 5.92. The molecule has 88 valence electrons. The minimum Gasteiger partial charge on any atom is -0.481 e. The van der Waals surface area contributed by atoms with Gasteiger partial charge in [-0.2, -0.15) is 0 Å². The molecule has 1 unspecified atom stereocenters. The quantitative estimate of drug-likeness (QED) is 0.632. The summed E-state index contributed by atoms with van der Waals surface area (Å²) in [6.07, 6.45) is 4.97. The summed E-state index contributed by atoms with van der Waals surface area (Å²) in [5.41, 5.74) is -0.549. The van der Waals surface area contributed by atoms with Crippen LogP contribution in [-0.4, -0.2) is 24.3 Å². The van der Waals surface area contributed by atoms with Gasteiger partial charge in [0.25, 0.3) is 0 Å². The van der Waals surface area contributed by atoms with Gasteiger partial charge in [-0.25, -0.2) is 0 Å². The molecule has 0 aliphatic heterocycles. The van der Waals surface area contributed by atoms with E-state index in [0.717, 1.165) is 32.3 Å². The minimum atomic E-state index is -0.663. The van der Waals surface area contributed by atoms with Crippen molar-refractivity contribution in [2.75, 3.05) is 13.2 Å². The number of carboxylic acids is 1. The van der Waals surface area contributed by atoms with Crippen LogP contribution in [0, 0.1) is 11.3 Å². The van der Waals surface area contributed by atoms with Gasteiger partial charge in [-0.1, -0.05) is 13.3 Å². The molecule has 3 heteroatoms. The van der Waals surface area contributed by atoms with E-state index in [1.54, 1.807) is 0 Å². The number of ether oxygens (including phenoxy) is 1. The molecule has 0 aromatic carbocycles. The molecule has 1 saturated carbocycles. The number of rotatable bonds is 8. The fourth-order valence-electron chi connectivity index (χ4n) is 1.84. The molecule has 1 fully saturated rings. The highest BCUT2D eigenvalue weighted by Crippen LogP contribution is 2.47. The summed E-state index contributed by atoms with van der Waals surface area (Å²) in [6, 6.07) is 0. The summed E-state index contributed by atoms with van der Waals surface area (Å²) < 4.78 is 5.43. The van der Waals surface area contributed by atoms with Crippen LogP contribution in [0.3, 0.4) is 0 Å². The van der Waals surface area contributed by atoms with E-state index in [-0.39, 0.29) is 0 Å². The molecular formula is C12H22O3. The van der Waals surface area contributed by atoms with Crippen LogP contribution in [0.4, 0.5) is 0 Å². The highest BCUT2D eigenvalue weighted by Gasteiger charge is 2.46. The maximum atomic E-state index is 11.2. The number of carbonyl (C=O) groups is 1. The highest BCUT2D eigenvalue weighted by atomic mass is 16.5. The Balaban J connectivity index is 2.23. The van der Waals surface area contributed by atoms with Crippen LogP contribution in [-0.2, 0) is 9.53 Å². The Kier molecular flexibility index (Phi) is 4.58. The third kappa shape index (κ3) is 3.49. The Labute approximate surface area is 91.8 Å². The van der Waals surface area contributed by atoms with Crippen molar-refractivity contribution in [3.8, 4) is 0 Å². The van der Waals surface area contributed by atoms with Gasteiger partial charge in [-0.05, 0) is 38.5 Å². The largest absolute Gasteiger partial charge is 0.481 e. The van der Waals surface area contributed by atoms with Gasteiger partial charge in [0.05, 0.1) is 5.41 Å². The smallest absolute Gasteiger partial charge is 0.309 e. The summed E-state index contributed by atoms with van der Waals surface area (Å²) >= 11 is 0. The van der Waals surface area contributed by atoms with E-state index in [9.17, 15) is 9.90 Å². The van der Waals surface area contributed by atoms with E-state index >= 15 is 0 Å². The molecule has 0 aromatic heterocycles. The first kappa shape index (κ1) is 12.5. The molecule has 1 N–H and O–H groups in total. The molecule has 1 rings (SSSR count). The summed E-state index contributed by atoms with van der Waals surface area (Å²) in [5.74, 6) is -0.283. The molecule has 0 radical (unpaired) electrons. The second-order valence-corrected chi connectivity index (χ2v) is 4.71. The fourth-order valence-corrected chi connectivity index (χ4v) is 1.84. The van der Waals surface area contributed by atoms with Gasteiger partial charge >= 0.3 is 5.97 Å². The van der Waals surface area contributed by atoms with Crippen molar-refractivity contribution in [3.05, 3.63) is 0 Å². The van der Waals surface area contributed by atoms with Gasteiger partial charge in [0.15, 0.2) is 0 Å². The standard InChI is InChI=1S/C12H22O3/c1-3-4-8-15-9-7-12(2,11(13)14)10-5-6-10/h10H,3-9H2,1-2H3,(H,13,14). The van der Waals surface area contributed by atoms with Crippen molar-refractivity contribution >= 4 is 5.97 Å². The molecule has 0 saturated heterocycles. The van der Waals surface area contributed by atoms with Crippen molar-refractivity contribution in [2.24, 2.45) is 11.3 Å². The van der Waals surface area contributed by atoms with Crippen molar-refractivity contribution in [3.63, 3.8) is 0 Å². The Bertz CT molecular complexity index is 211. The lowest BCUT2D eigenvalue weighted by Gasteiger charge is -2.24. The summed E-state index contributed by atoms with van der Waals surface area (Å²) in [6.45, 7) is 5.32. The minimum absolute atomic E-state index is 0.379. The maximum Gasteiger partial charge on any atom is 0.309 e. The SMILES string of the molecule is CCCCOCCC(C)(C(=O)O)C1CC1. The Morgan fingerprint density at radius 2 is 2.13 bits per heavy atom. The molecule has 0 amide bonds. The monoisotopic (exact) mass is 214 g/mol. The van der Waals surface area contributed by atoms with Crippen LogP contribution in [0.1, 0.15) is 46.0 Å². The molecule has 0 heterocycles. The van der Waals surface area contributed by atoms with Gasteiger partial charge in [0.1, 0.15) is 0 Å². The first-order chi connectivity index (χ1) is 7.11. The average molecular weight is 214 g/mol. The third-order valence-electron chi connectivity index (χ3n) is 3.37. The Hall–Kier alpha value is -0.570. The molecule has 0 spiro atoms. The molecule has 1 aliphatic rings. The molecule has 15 heavy (non-hydrogen) atoms. The van der Waals surface area contributed by atoms with Crippen LogP contribution in [0.2, 0.25) is 0 Å². The Morgan fingerprint density at radius 1 is 1.47 bits per heavy atom. The van der Waals surface area contributed by atoms with Gasteiger partial charge in [-0.3, -0.25) is 4.79 Å². The zero-order valence-corrected chi connectivity index (χ0v) is 9.79. The number of unbranched alkanes of at least 4 members (excludes halogenated alkanes) is 1. The summed E-state index contributed by atoms with van der Waals surface area (Å²) in [4.78, 5) is 11.2. The van der Waals surface area contributed by atoms with Crippen LogP contribution in [0.25, 0.3) is 0 Å². The van der Waals surface area contributed by atoms with Crippen molar-refractivity contribution in [1.29, 1.82) is 0 Å². The lowest BCUT2D eigenvalue weighted by molar-refractivity contribution is -0.150. The van der Waals surface area contributed by atoms with Crippen LogP contribution in [0.5, 0.6) is 0 Å². The zero-order chi connectivity index (χ0) is 11.3. The third-order valence-corrected chi connectivity index (χ3v) is 3.37. The van der Waals surface area contributed by atoms with E-state index in [4.69, 9.17) is 4.74 Å². The number of hydrogen-bond acceptors (Lipinski definition) is 2. The predicted octanol–water partition coefficient (Wildman–Crippen LogP) is 2.69. The molecule has 1 aliphatic carbocycles. The second kappa shape index (κ2) is 5.50. The molecule has 0 bridgehead atoms. The molecular weight excluding hydrogens is 192 g/mol. The lowest BCUT2D eigenvalue weighted by atomic mass is 9.82. The van der Waals surface area contributed by atoms with Gasteiger partial charge in [0.2, 0.25) is 0 Å². The van der Waals surface area contributed by atoms with Gasteiger partial charge < -0.3 is 9.84 Å². The van der Waals surface area contributed by atoms with Gasteiger partial charge in [0, 0.05) is 13.2 Å². The fraction of sp³-hybridized carbons (Fsp3) is 0.917. The van der Waals surface area contributed by atoms with E-state index < -0.39 is 11.4 Å². The van der Waals surface area contributed by atoms with Gasteiger partial charge in [-0.15, -0.1) is 0 Å². The topological polar surface area (TPSA) is 46.5 Å². The van der Waals surface area contributed by atoms with E-state index in [2.05, 4.69) is 6.92 Å². The highest BCUT2D eigenvalue weighted by molar-refractivity contribution is 5.75. The van der Waals surface area contributed by atoms with Crippen LogP contribution < -0.4 is 0 Å². The number of aliphatic carboxylic acids is 1. The molecule has 1 atom stereocenters. The Morgan fingerprint density at radius 3 is 2.60 bits per heavy atom. The second-order valence-electron chi connectivity index (χ2n) is 4.71. The normalized spacial score (nSPS) is 19.9. The van der Waals surface area contributed by atoms with E-state index in [0.29, 0.717) is 18.9 Å². The first-order valence-electron chi connectivity index (χ1n) is 5.92. The lowest BCUT2D eigenvalue weighted by Crippen LogP contribution is -2.31. The van der Waals surface area contributed by atoms with Crippen LogP contribution >= 0.6 is 0 Å². The predicted molar refractivity (Wildman–Crippen MR) is 58.8 cm³/mol. The average Bonchev–Trinajstić information content (AvgIpc) is 3.00. The molecule has 3 nitrogen and oxygen atoms in total.